The van der Waals surface area contributed by atoms with Crippen LogP contribution in [0.5, 0.6) is 0 Å². The molecule has 0 aliphatic rings. The topological polar surface area (TPSA) is 57.9 Å². The molecular weight excluding hydrogens is 308 g/mol. The number of hydrogen-bond acceptors (Lipinski definition) is 3. The van der Waals surface area contributed by atoms with E-state index in [9.17, 15) is 0 Å². The second kappa shape index (κ2) is 11.1. The van der Waals surface area contributed by atoms with Gasteiger partial charge in [-0.25, -0.2) is 0 Å². The molecule has 25 heavy (non-hydrogen) atoms. The minimum absolute atomic E-state index is 0.330. The zero-order valence-electron chi connectivity index (χ0n) is 15.9. The van der Waals surface area contributed by atoms with Crippen molar-refractivity contribution < 1.29 is 0 Å². The van der Waals surface area contributed by atoms with Crippen LogP contribution in [-0.4, -0.2) is 40.8 Å². The van der Waals surface area contributed by atoms with Crippen LogP contribution in [0.4, 0.5) is 0 Å². The Hall–Kier alpha value is -1.65. The second-order valence-corrected chi connectivity index (χ2v) is 6.80. The van der Waals surface area contributed by atoms with Crippen LogP contribution in [0.15, 0.2) is 36.5 Å². The summed E-state index contributed by atoms with van der Waals surface area (Å²) >= 11 is 0. The van der Waals surface area contributed by atoms with Crippen LogP contribution in [0, 0.1) is 0 Å². The molecule has 138 valence electrons. The maximum absolute atomic E-state index is 6.32. The highest BCUT2D eigenvalue weighted by Crippen LogP contribution is 2.23. The Morgan fingerprint density at radius 1 is 1.04 bits per heavy atom. The van der Waals surface area contributed by atoms with Gasteiger partial charge < -0.3 is 10.6 Å². The van der Waals surface area contributed by atoms with Gasteiger partial charge in [-0.05, 0) is 63.4 Å². The predicted octanol–water partition coefficient (Wildman–Crippen LogP) is 4.24. The van der Waals surface area contributed by atoms with Gasteiger partial charge in [0.15, 0.2) is 0 Å². The molecule has 0 spiro atoms. The van der Waals surface area contributed by atoms with E-state index in [0.717, 1.165) is 44.5 Å². The lowest BCUT2D eigenvalue weighted by molar-refractivity contribution is 0.293. The third kappa shape index (κ3) is 6.63. The molecule has 0 bridgehead atoms. The molecule has 4 nitrogen and oxygen atoms in total. The molecule has 0 saturated carbocycles. The Balaban J connectivity index is 1.69. The lowest BCUT2D eigenvalue weighted by Crippen LogP contribution is -2.25. The third-order valence-corrected chi connectivity index (χ3v) is 5.02. The maximum Gasteiger partial charge on any atom is 0.0652 e. The molecule has 0 fully saturated rings. The molecule has 2 aromatic rings. The lowest BCUT2D eigenvalue weighted by atomic mass is 9.97. The Bertz CT molecular complexity index is 575. The SMILES string of the molecule is CCN(CC)CCCCC(N)CCCc1ccccc1-c1ccn[nH]1. The second-order valence-electron chi connectivity index (χ2n) is 6.80. The first-order valence-electron chi connectivity index (χ1n) is 9.80. The standard InChI is InChI=1S/C21H34N4/c1-3-25(4-2)17-8-7-12-19(22)13-9-11-18-10-5-6-14-20(18)21-15-16-23-24-21/h5-6,10,14-16,19H,3-4,7-9,11-13,17,22H2,1-2H3,(H,23,24). The predicted molar refractivity (Wildman–Crippen MR) is 107 cm³/mol. The molecule has 1 aromatic carbocycles. The molecule has 0 amide bonds. The summed E-state index contributed by atoms with van der Waals surface area (Å²) in [6.45, 7) is 7.97. The highest BCUT2D eigenvalue weighted by molar-refractivity contribution is 5.63. The first kappa shape index (κ1) is 19.7. The first-order chi connectivity index (χ1) is 12.2. The van der Waals surface area contributed by atoms with E-state index < -0.39 is 0 Å². The van der Waals surface area contributed by atoms with Gasteiger partial charge in [0, 0.05) is 17.8 Å². The fourth-order valence-electron chi connectivity index (χ4n) is 3.39. The van der Waals surface area contributed by atoms with E-state index in [0.29, 0.717) is 6.04 Å². The summed E-state index contributed by atoms with van der Waals surface area (Å²) in [7, 11) is 0. The fourth-order valence-corrected chi connectivity index (χ4v) is 3.39. The van der Waals surface area contributed by atoms with Crippen LogP contribution in [-0.2, 0) is 6.42 Å². The summed E-state index contributed by atoms with van der Waals surface area (Å²) < 4.78 is 0. The van der Waals surface area contributed by atoms with Crippen LogP contribution >= 0.6 is 0 Å². The van der Waals surface area contributed by atoms with Crippen molar-refractivity contribution in [2.24, 2.45) is 5.73 Å². The molecule has 1 unspecified atom stereocenters. The van der Waals surface area contributed by atoms with Crippen molar-refractivity contribution in [1.29, 1.82) is 0 Å². The average molecular weight is 343 g/mol. The molecule has 0 aliphatic carbocycles. The van der Waals surface area contributed by atoms with Gasteiger partial charge in [0.1, 0.15) is 0 Å². The highest BCUT2D eigenvalue weighted by Gasteiger charge is 2.08. The normalized spacial score (nSPS) is 12.6. The monoisotopic (exact) mass is 342 g/mol. The number of unbranched alkanes of at least 4 members (excludes halogenated alkanes) is 1. The minimum atomic E-state index is 0.330. The summed E-state index contributed by atoms with van der Waals surface area (Å²) in [6, 6.07) is 10.9. The number of aromatic amines is 1. The van der Waals surface area contributed by atoms with Gasteiger partial charge in [-0.3, -0.25) is 5.10 Å². The summed E-state index contributed by atoms with van der Waals surface area (Å²) in [5.74, 6) is 0. The summed E-state index contributed by atoms with van der Waals surface area (Å²) in [4.78, 5) is 2.48. The van der Waals surface area contributed by atoms with Crippen molar-refractivity contribution in [1.82, 2.24) is 15.1 Å². The zero-order valence-corrected chi connectivity index (χ0v) is 15.9. The fraction of sp³-hybridized carbons (Fsp3) is 0.571. The van der Waals surface area contributed by atoms with Gasteiger partial charge in [0.25, 0.3) is 0 Å². The van der Waals surface area contributed by atoms with Gasteiger partial charge in [-0.15, -0.1) is 0 Å². The molecule has 1 aromatic heterocycles. The average Bonchev–Trinajstić information content (AvgIpc) is 3.17. The van der Waals surface area contributed by atoms with E-state index in [-0.39, 0.29) is 0 Å². The number of nitrogens with one attached hydrogen (secondary N) is 1. The molecular formula is C21H34N4. The van der Waals surface area contributed by atoms with Gasteiger partial charge in [-0.2, -0.15) is 5.10 Å². The summed E-state index contributed by atoms with van der Waals surface area (Å²) in [5, 5.41) is 7.13. The van der Waals surface area contributed by atoms with Gasteiger partial charge in [0.2, 0.25) is 0 Å². The van der Waals surface area contributed by atoms with Crippen molar-refractivity contribution in [2.75, 3.05) is 19.6 Å². The van der Waals surface area contributed by atoms with Crippen LogP contribution in [0.2, 0.25) is 0 Å². The smallest absolute Gasteiger partial charge is 0.0652 e. The van der Waals surface area contributed by atoms with Crippen molar-refractivity contribution in [3.8, 4) is 11.3 Å². The van der Waals surface area contributed by atoms with Crippen LogP contribution in [0.3, 0.4) is 0 Å². The molecule has 1 atom stereocenters. The van der Waals surface area contributed by atoms with E-state index >= 15 is 0 Å². The highest BCUT2D eigenvalue weighted by atomic mass is 15.1. The Labute approximate surface area is 152 Å². The van der Waals surface area contributed by atoms with E-state index in [4.69, 9.17) is 5.73 Å². The van der Waals surface area contributed by atoms with Crippen molar-refractivity contribution in [2.45, 2.75) is 58.4 Å². The van der Waals surface area contributed by atoms with E-state index in [1.807, 2.05) is 6.07 Å². The number of H-pyrrole nitrogens is 1. The van der Waals surface area contributed by atoms with Gasteiger partial charge >= 0.3 is 0 Å². The summed E-state index contributed by atoms with van der Waals surface area (Å²) in [6.07, 6.45) is 8.76. The molecule has 0 aliphatic heterocycles. The number of hydrogen-bond donors (Lipinski definition) is 2. The number of benzene rings is 1. The molecule has 0 saturated heterocycles. The Morgan fingerprint density at radius 2 is 1.80 bits per heavy atom. The number of nitrogens with zero attached hydrogens (tertiary/aromatic N) is 2. The molecule has 1 heterocycles. The first-order valence-corrected chi connectivity index (χ1v) is 9.80. The van der Waals surface area contributed by atoms with E-state index in [1.54, 1.807) is 6.20 Å². The summed E-state index contributed by atoms with van der Waals surface area (Å²) in [5.41, 5.74) is 10.0. The van der Waals surface area contributed by atoms with Crippen molar-refractivity contribution in [3.05, 3.63) is 42.1 Å². The number of aryl methyl sites for hydroxylation is 1. The van der Waals surface area contributed by atoms with Gasteiger partial charge in [0.05, 0.1) is 5.69 Å². The van der Waals surface area contributed by atoms with Crippen molar-refractivity contribution >= 4 is 0 Å². The van der Waals surface area contributed by atoms with Crippen molar-refractivity contribution in [3.63, 3.8) is 0 Å². The lowest BCUT2D eigenvalue weighted by Gasteiger charge is -2.18. The molecule has 2 rings (SSSR count). The molecule has 4 heteroatoms. The minimum Gasteiger partial charge on any atom is -0.328 e. The number of rotatable bonds is 12. The Morgan fingerprint density at radius 3 is 2.52 bits per heavy atom. The third-order valence-electron chi connectivity index (χ3n) is 5.02. The van der Waals surface area contributed by atoms with E-state index in [1.165, 1.54) is 30.5 Å². The molecule has 0 radical (unpaired) electrons. The van der Waals surface area contributed by atoms with Crippen LogP contribution in [0.25, 0.3) is 11.3 Å². The van der Waals surface area contributed by atoms with Crippen LogP contribution < -0.4 is 5.73 Å². The van der Waals surface area contributed by atoms with E-state index in [2.05, 4.69) is 53.2 Å². The number of aromatic nitrogens is 2. The maximum atomic E-state index is 6.32. The van der Waals surface area contributed by atoms with Gasteiger partial charge in [-0.1, -0.05) is 44.5 Å². The molecule has 3 N–H and O–H groups in total. The Kier molecular flexibility index (Phi) is 8.70. The van der Waals surface area contributed by atoms with Crippen LogP contribution in [0.1, 0.15) is 51.5 Å². The largest absolute Gasteiger partial charge is 0.328 e. The quantitative estimate of drug-likeness (QED) is 0.567. The number of nitrogens with two attached hydrogens (primary N) is 1. The zero-order chi connectivity index (χ0) is 17.9.